The molecular weight excluding hydrogens is 352 g/mol. The van der Waals surface area contributed by atoms with Crippen LogP contribution in [-0.2, 0) is 19.1 Å². The van der Waals surface area contributed by atoms with Crippen LogP contribution >= 0.6 is 0 Å². The number of esters is 1. The Kier molecular flexibility index (Phi) is 7.61. The molecule has 0 aromatic heterocycles. The van der Waals surface area contributed by atoms with E-state index in [9.17, 15) is 40.2 Å². The monoisotopic (exact) mass is 372 g/mol. The molecule has 0 aromatic carbocycles. The van der Waals surface area contributed by atoms with Gasteiger partial charge in [0.05, 0.1) is 6.61 Å². The van der Waals surface area contributed by atoms with Crippen molar-refractivity contribution in [3.05, 3.63) is 0 Å². The van der Waals surface area contributed by atoms with Crippen LogP contribution in [0, 0.1) is 0 Å². The minimum atomic E-state index is -2.47. The maximum absolute atomic E-state index is 11.7. The Balaban J connectivity index is 2.78. The number of aliphatic hydroxyl groups is 8. The smallest absolute Gasteiger partial charge is 0.340 e. The number of ether oxygens (including phenoxy) is 2. The van der Waals surface area contributed by atoms with E-state index >= 15 is 0 Å². The van der Waals surface area contributed by atoms with E-state index in [2.05, 4.69) is 9.47 Å². The van der Waals surface area contributed by atoms with Gasteiger partial charge in [0.2, 0.25) is 6.29 Å². The molecule has 1 aliphatic rings. The van der Waals surface area contributed by atoms with Crippen LogP contribution in [0.5, 0.6) is 0 Å². The third-order valence-electron chi connectivity index (χ3n) is 3.54. The fourth-order valence-electron chi connectivity index (χ4n) is 2.00. The van der Waals surface area contributed by atoms with E-state index in [0.717, 1.165) is 0 Å². The average molecular weight is 372 g/mol. The molecule has 146 valence electrons. The highest BCUT2D eigenvalue weighted by Gasteiger charge is 2.49. The fourth-order valence-corrected chi connectivity index (χ4v) is 2.00. The number of aliphatic hydroxyl groups excluding tert-OH is 8. The topological polar surface area (TPSA) is 235 Å². The molecule has 0 aromatic rings. The molecule has 25 heavy (non-hydrogen) atoms. The van der Waals surface area contributed by atoms with Crippen LogP contribution in [0.15, 0.2) is 0 Å². The number of carboxylic acid groups (broad SMARTS) is 1. The van der Waals surface area contributed by atoms with Crippen LogP contribution in [0.4, 0.5) is 0 Å². The highest BCUT2D eigenvalue weighted by Crippen LogP contribution is 2.23. The first-order valence-corrected chi connectivity index (χ1v) is 6.99. The first-order valence-electron chi connectivity index (χ1n) is 6.99. The van der Waals surface area contributed by atoms with Crippen molar-refractivity contribution in [2.24, 2.45) is 0 Å². The molecule has 0 amide bonds. The molecular formula is C12H20O13. The summed E-state index contributed by atoms with van der Waals surface area (Å²) in [6.07, 6.45) is -19.1. The molecule has 1 heterocycles. The maximum atomic E-state index is 11.7. The van der Waals surface area contributed by atoms with E-state index in [1.807, 2.05) is 0 Å². The van der Waals surface area contributed by atoms with Gasteiger partial charge >= 0.3 is 11.9 Å². The van der Waals surface area contributed by atoms with Crippen molar-refractivity contribution in [3.8, 4) is 0 Å². The number of aliphatic carboxylic acids is 1. The Morgan fingerprint density at radius 1 is 0.960 bits per heavy atom. The third kappa shape index (κ3) is 4.81. The second-order valence-electron chi connectivity index (χ2n) is 5.35. The van der Waals surface area contributed by atoms with E-state index in [0.29, 0.717) is 0 Å². The molecule has 1 saturated heterocycles. The lowest BCUT2D eigenvalue weighted by molar-refractivity contribution is -0.289. The minimum absolute atomic E-state index is 0.991. The van der Waals surface area contributed by atoms with Gasteiger partial charge in [-0.2, -0.15) is 0 Å². The summed E-state index contributed by atoms with van der Waals surface area (Å²) in [5.74, 6) is -3.44. The Bertz CT molecular complexity index is 470. The molecule has 0 aliphatic carbocycles. The Hall–Kier alpha value is -1.42. The summed E-state index contributed by atoms with van der Waals surface area (Å²) >= 11 is 0. The summed E-state index contributed by atoms with van der Waals surface area (Å²) in [4.78, 5) is 22.6. The maximum Gasteiger partial charge on any atom is 0.340 e. The Morgan fingerprint density at radius 3 is 2.00 bits per heavy atom. The highest BCUT2D eigenvalue weighted by molar-refractivity contribution is 5.76. The predicted octanol–water partition coefficient (Wildman–Crippen LogP) is -6.14. The largest absolute Gasteiger partial charge is 0.479 e. The summed E-state index contributed by atoms with van der Waals surface area (Å²) in [5, 5.41) is 83.7. The zero-order chi connectivity index (χ0) is 19.5. The molecule has 13 nitrogen and oxygen atoms in total. The van der Waals surface area contributed by atoms with E-state index in [1.165, 1.54) is 0 Å². The number of carbonyl (C=O) groups excluding carboxylic acids is 1. The van der Waals surface area contributed by atoms with Crippen molar-refractivity contribution in [2.75, 3.05) is 6.61 Å². The molecule has 9 N–H and O–H groups in total. The van der Waals surface area contributed by atoms with Crippen LogP contribution < -0.4 is 0 Å². The summed E-state index contributed by atoms with van der Waals surface area (Å²) in [6.45, 7) is -0.991. The van der Waals surface area contributed by atoms with Crippen molar-refractivity contribution in [1.82, 2.24) is 0 Å². The fraction of sp³-hybridized carbons (Fsp3) is 0.833. The lowest BCUT2D eigenvalue weighted by Gasteiger charge is -2.38. The number of hydrogen-bond donors (Lipinski definition) is 9. The van der Waals surface area contributed by atoms with E-state index in [-0.39, 0.29) is 0 Å². The molecule has 1 fully saturated rings. The van der Waals surface area contributed by atoms with Crippen molar-refractivity contribution in [1.29, 1.82) is 0 Å². The SMILES string of the molecule is O=C(O)[C@H]1O[C@@H](OC(=O)[C@H](O)[C@@H](O)[C@H](O)[C@H](O)CO)[C@H](O)[C@@H](O)[C@@H]1O. The number of carbonyl (C=O) groups is 2. The molecule has 1 rings (SSSR count). The lowest BCUT2D eigenvalue weighted by atomic mass is 9.99. The standard InChI is InChI=1S/C12H20O13/c13-1-2(14)3(15)4(16)7(19)11(23)25-12-8(20)5(17)6(18)9(24-12)10(21)22/h2-9,12-20H,1H2,(H,21,22)/t2-,3-,4+,5+,6+,7-,8-,9+,12+/m1/s1. The van der Waals surface area contributed by atoms with Crippen LogP contribution in [0.25, 0.3) is 0 Å². The number of carboxylic acids is 1. The van der Waals surface area contributed by atoms with Gasteiger partial charge in [-0.25, -0.2) is 9.59 Å². The van der Waals surface area contributed by atoms with Crippen LogP contribution in [0.3, 0.4) is 0 Å². The van der Waals surface area contributed by atoms with E-state index in [1.54, 1.807) is 0 Å². The van der Waals surface area contributed by atoms with E-state index < -0.39 is 73.7 Å². The molecule has 0 radical (unpaired) electrons. The highest BCUT2D eigenvalue weighted by atomic mass is 16.7. The van der Waals surface area contributed by atoms with Crippen molar-refractivity contribution < 1.29 is 65.0 Å². The molecule has 0 saturated carbocycles. The first kappa shape index (κ1) is 21.6. The zero-order valence-corrected chi connectivity index (χ0v) is 12.6. The Labute approximate surface area is 139 Å². The number of rotatable bonds is 7. The average Bonchev–Trinajstić information content (AvgIpc) is 2.58. The summed E-state index contributed by atoms with van der Waals surface area (Å²) in [5.41, 5.74) is 0. The van der Waals surface area contributed by atoms with Crippen LogP contribution in [0.1, 0.15) is 0 Å². The minimum Gasteiger partial charge on any atom is -0.479 e. The van der Waals surface area contributed by atoms with Gasteiger partial charge in [0, 0.05) is 0 Å². The quantitative estimate of drug-likeness (QED) is 0.189. The van der Waals surface area contributed by atoms with Gasteiger partial charge in [-0.15, -0.1) is 0 Å². The van der Waals surface area contributed by atoms with Crippen molar-refractivity contribution >= 4 is 11.9 Å². The zero-order valence-electron chi connectivity index (χ0n) is 12.6. The second kappa shape index (κ2) is 8.79. The van der Waals surface area contributed by atoms with Crippen molar-refractivity contribution in [3.63, 3.8) is 0 Å². The van der Waals surface area contributed by atoms with Crippen LogP contribution in [0.2, 0.25) is 0 Å². The molecule has 1 aliphatic heterocycles. The molecule has 0 spiro atoms. The van der Waals surface area contributed by atoms with Gasteiger partial charge in [-0.3, -0.25) is 0 Å². The van der Waals surface area contributed by atoms with Crippen molar-refractivity contribution in [2.45, 2.75) is 55.1 Å². The molecule has 9 atom stereocenters. The molecule has 0 unspecified atom stereocenters. The predicted molar refractivity (Wildman–Crippen MR) is 71.5 cm³/mol. The van der Waals surface area contributed by atoms with Crippen LogP contribution in [-0.4, -0.2) is 120 Å². The molecule has 0 bridgehead atoms. The summed E-state index contributed by atoms with van der Waals surface area (Å²) in [7, 11) is 0. The van der Waals surface area contributed by atoms with Gasteiger partial charge in [0.25, 0.3) is 0 Å². The van der Waals surface area contributed by atoms with Gasteiger partial charge < -0.3 is 55.4 Å². The second-order valence-corrected chi connectivity index (χ2v) is 5.35. The van der Waals surface area contributed by atoms with Gasteiger partial charge in [-0.05, 0) is 0 Å². The first-order chi connectivity index (χ1) is 11.5. The lowest BCUT2D eigenvalue weighted by Crippen LogP contribution is -2.61. The summed E-state index contributed by atoms with van der Waals surface area (Å²) in [6, 6.07) is 0. The summed E-state index contributed by atoms with van der Waals surface area (Å²) < 4.78 is 9.06. The normalized spacial score (nSPS) is 34.6. The van der Waals surface area contributed by atoms with Gasteiger partial charge in [0.1, 0.15) is 36.6 Å². The van der Waals surface area contributed by atoms with Gasteiger partial charge in [0.15, 0.2) is 12.2 Å². The third-order valence-corrected chi connectivity index (χ3v) is 3.54. The number of hydrogen-bond acceptors (Lipinski definition) is 12. The van der Waals surface area contributed by atoms with Gasteiger partial charge in [-0.1, -0.05) is 0 Å². The Morgan fingerprint density at radius 2 is 1.52 bits per heavy atom. The molecule has 13 heteroatoms. The van der Waals surface area contributed by atoms with E-state index in [4.69, 9.17) is 15.3 Å².